The number of nitrogens with zero attached hydrogens (tertiary/aromatic N) is 5. The van der Waals surface area contributed by atoms with Gasteiger partial charge in [-0.3, -0.25) is 14.7 Å². The van der Waals surface area contributed by atoms with Crippen LogP contribution in [-0.2, 0) is 11.2 Å². The summed E-state index contributed by atoms with van der Waals surface area (Å²) >= 11 is 0. The van der Waals surface area contributed by atoms with Crippen LogP contribution in [0.4, 0.5) is 10.6 Å². The number of rotatable bonds is 7. The van der Waals surface area contributed by atoms with Crippen LogP contribution in [0.5, 0.6) is 0 Å². The molecule has 4 rings (SSSR count). The fourth-order valence-corrected chi connectivity index (χ4v) is 4.96. The number of amides is 3. The third-order valence-corrected chi connectivity index (χ3v) is 7.77. The molecule has 2 aliphatic rings. The zero-order valence-corrected chi connectivity index (χ0v) is 22.5. The third kappa shape index (κ3) is 7.41. The Morgan fingerprint density at radius 2 is 1.72 bits per heavy atom. The van der Waals surface area contributed by atoms with Crippen molar-refractivity contribution in [2.24, 2.45) is 17.4 Å². The number of benzene rings is 1. The summed E-state index contributed by atoms with van der Waals surface area (Å²) in [5, 5.41) is 11.7. The molecule has 6 N–H and O–H groups in total. The Morgan fingerprint density at radius 1 is 1.05 bits per heavy atom. The number of anilines is 1. The maximum Gasteiger partial charge on any atom is 0.354 e. The second-order valence-corrected chi connectivity index (χ2v) is 10.5. The lowest BCUT2D eigenvalue weighted by molar-refractivity contribution is -0.134. The maximum atomic E-state index is 12.7. The van der Waals surface area contributed by atoms with Gasteiger partial charge in [0.1, 0.15) is 11.9 Å². The first kappa shape index (κ1) is 28.7. The molecule has 2 fully saturated rings. The smallest absolute Gasteiger partial charge is 0.354 e. The first-order chi connectivity index (χ1) is 18.7. The molecule has 2 saturated heterocycles. The monoisotopic (exact) mass is 540 g/mol. The van der Waals surface area contributed by atoms with Crippen molar-refractivity contribution < 1.29 is 14.7 Å². The van der Waals surface area contributed by atoms with Gasteiger partial charge < -0.3 is 31.3 Å². The molecular formula is C27H40N8O4. The van der Waals surface area contributed by atoms with Crippen molar-refractivity contribution in [3.63, 3.8) is 0 Å². The van der Waals surface area contributed by atoms with Gasteiger partial charge in [-0.05, 0) is 62.0 Å². The van der Waals surface area contributed by atoms with E-state index in [1.165, 1.54) is 15.0 Å². The summed E-state index contributed by atoms with van der Waals surface area (Å²) in [4.78, 5) is 47.0. The van der Waals surface area contributed by atoms with Gasteiger partial charge in [0, 0.05) is 45.0 Å². The van der Waals surface area contributed by atoms with Gasteiger partial charge in [-0.2, -0.15) is 4.98 Å². The number of aliphatic hydroxyl groups excluding tert-OH is 1. The quantitative estimate of drug-likeness (QED) is 0.376. The molecule has 0 radical (unpaired) electrons. The summed E-state index contributed by atoms with van der Waals surface area (Å²) < 4.78 is 1.44. The number of urea groups is 1. The van der Waals surface area contributed by atoms with Gasteiger partial charge in [0.2, 0.25) is 5.91 Å². The minimum absolute atomic E-state index is 0.158. The number of nitrogens with two attached hydrogens (primary N) is 2. The van der Waals surface area contributed by atoms with E-state index in [4.69, 9.17) is 16.6 Å². The van der Waals surface area contributed by atoms with Crippen molar-refractivity contribution in [2.45, 2.75) is 38.3 Å². The zero-order chi connectivity index (χ0) is 27.9. The van der Waals surface area contributed by atoms with Crippen molar-refractivity contribution in [1.82, 2.24) is 24.3 Å². The Balaban J connectivity index is 1.28. The molecule has 2 aromatic rings. The zero-order valence-electron chi connectivity index (χ0n) is 22.5. The average Bonchev–Trinajstić information content (AvgIpc) is 3.11. The highest BCUT2D eigenvalue weighted by Crippen LogP contribution is 2.17. The van der Waals surface area contributed by atoms with Crippen LogP contribution in [0, 0.1) is 5.92 Å². The Bertz CT molecular complexity index is 1170. The molecular weight excluding hydrogens is 500 g/mol. The normalized spacial score (nSPS) is 21.3. The molecule has 3 atom stereocenters. The number of carbonyl (C=O) groups is 2. The molecule has 12 heteroatoms. The lowest BCUT2D eigenvalue weighted by atomic mass is 9.98. The van der Waals surface area contributed by atoms with Gasteiger partial charge in [-0.1, -0.05) is 19.1 Å². The molecule has 0 bridgehead atoms. The summed E-state index contributed by atoms with van der Waals surface area (Å²) in [5.41, 5.74) is 13.2. The topological polar surface area (TPSA) is 163 Å². The van der Waals surface area contributed by atoms with E-state index in [2.05, 4.69) is 22.1 Å². The van der Waals surface area contributed by atoms with Gasteiger partial charge in [-0.25, -0.2) is 9.59 Å². The molecule has 12 nitrogen and oxygen atoms in total. The predicted octanol–water partition coefficient (Wildman–Crippen LogP) is -0.170. The van der Waals surface area contributed by atoms with Crippen molar-refractivity contribution in [3.05, 3.63) is 52.6 Å². The van der Waals surface area contributed by atoms with Crippen LogP contribution >= 0.6 is 0 Å². The number of piperazine rings is 1. The molecule has 2 aliphatic heterocycles. The highest BCUT2D eigenvalue weighted by molar-refractivity contribution is 5.88. The van der Waals surface area contributed by atoms with Crippen LogP contribution in [0.2, 0.25) is 0 Å². The van der Waals surface area contributed by atoms with Gasteiger partial charge in [0.15, 0.2) is 0 Å². The van der Waals surface area contributed by atoms with E-state index in [0.29, 0.717) is 37.8 Å². The minimum atomic E-state index is -0.953. The first-order valence-electron chi connectivity index (χ1n) is 13.6. The maximum absolute atomic E-state index is 12.7. The average molecular weight is 541 g/mol. The fourth-order valence-electron chi connectivity index (χ4n) is 4.96. The van der Waals surface area contributed by atoms with Crippen LogP contribution in [0.1, 0.15) is 25.3 Å². The van der Waals surface area contributed by atoms with Gasteiger partial charge in [0.05, 0.1) is 12.3 Å². The van der Waals surface area contributed by atoms with E-state index in [-0.39, 0.29) is 17.8 Å². The molecule has 212 valence electrons. The fraction of sp³-hybridized carbons (Fsp3) is 0.556. The van der Waals surface area contributed by atoms with Gasteiger partial charge in [-0.15, -0.1) is 0 Å². The van der Waals surface area contributed by atoms with E-state index in [9.17, 15) is 14.4 Å². The van der Waals surface area contributed by atoms with E-state index in [1.54, 1.807) is 17.2 Å². The first-order valence-corrected chi connectivity index (χ1v) is 13.6. The summed E-state index contributed by atoms with van der Waals surface area (Å²) in [7, 11) is 0. The van der Waals surface area contributed by atoms with Gasteiger partial charge in [0.25, 0.3) is 0 Å². The summed E-state index contributed by atoms with van der Waals surface area (Å²) in [6.07, 6.45) is 4.68. The van der Waals surface area contributed by atoms with Crippen molar-refractivity contribution in [2.75, 3.05) is 57.7 Å². The van der Waals surface area contributed by atoms with Crippen molar-refractivity contribution >= 4 is 17.8 Å². The van der Waals surface area contributed by atoms with Crippen LogP contribution in [0.15, 0.2) is 41.3 Å². The Morgan fingerprint density at radius 3 is 2.38 bits per heavy atom. The lowest BCUT2D eigenvalue weighted by Gasteiger charge is -2.35. The third-order valence-electron chi connectivity index (χ3n) is 7.77. The predicted molar refractivity (Wildman–Crippen MR) is 149 cm³/mol. The second-order valence-electron chi connectivity index (χ2n) is 10.5. The molecule has 0 unspecified atom stereocenters. The highest BCUT2D eigenvalue weighted by atomic mass is 16.3. The van der Waals surface area contributed by atoms with Crippen LogP contribution < -0.4 is 22.5 Å². The Kier molecular flexibility index (Phi) is 9.68. The second kappa shape index (κ2) is 13.2. The van der Waals surface area contributed by atoms with Crippen LogP contribution in [0.3, 0.4) is 0 Å². The van der Waals surface area contributed by atoms with Crippen LogP contribution in [-0.4, -0.2) is 106 Å². The number of aliphatic hydroxyl groups is 1. The molecule has 0 aliphatic carbocycles. The van der Waals surface area contributed by atoms with Gasteiger partial charge >= 0.3 is 11.7 Å². The minimum Gasteiger partial charge on any atom is -0.394 e. The molecule has 0 saturated carbocycles. The summed E-state index contributed by atoms with van der Waals surface area (Å²) in [5.74, 6) is 0.379. The Labute approximate surface area is 228 Å². The summed E-state index contributed by atoms with van der Waals surface area (Å²) in [6, 6.07) is 8.38. The molecule has 39 heavy (non-hydrogen) atoms. The number of carbonyl (C=O) groups excluding carboxylic acids is 2. The molecule has 3 amide bonds. The van der Waals surface area contributed by atoms with E-state index >= 15 is 0 Å². The van der Waals surface area contributed by atoms with E-state index in [0.717, 1.165) is 38.9 Å². The van der Waals surface area contributed by atoms with E-state index < -0.39 is 24.4 Å². The van der Waals surface area contributed by atoms with E-state index in [1.807, 2.05) is 24.3 Å². The Hall–Kier alpha value is -3.32. The van der Waals surface area contributed by atoms with Crippen molar-refractivity contribution in [3.8, 4) is 5.69 Å². The highest BCUT2D eigenvalue weighted by Gasteiger charge is 2.27. The lowest BCUT2D eigenvalue weighted by Crippen LogP contribution is -2.55. The number of likely N-dealkylation sites (tertiary alicyclic amines) is 1. The molecule has 3 heterocycles. The van der Waals surface area contributed by atoms with Crippen LogP contribution in [0.25, 0.3) is 5.69 Å². The molecule has 1 aromatic carbocycles. The molecule has 1 aromatic heterocycles. The molecule has 0 spiro atoms. The largest absolute Gasteiger partial charge is 0.394 e. The number of hydrogen-bond donors (Lipinski definition) is 4. The standard InChI is InChI=1S/C27H40N8O4/c1-19-6-10-32(12-8-22(19)28)11-7-20-2-4-21(5-3-20)35-13-9-24(31-27(35)39)30-26(38)34-16-14-33(15-17-34)25(37)23(29)18-36/h2-5,9,13,19,22-23,36H,6-8,10-12,14-18,28-29H2,1H3,(H,30,31,38,39)/t19-,22-,23+/m1/s1. The SMILES string of the molecule is C[C@@H]1CCN(CCc2ccc(-n3ccc(NC(=O)N4CCN(C(=O)[C@@H](N)CO)CC4)nc3=O)cc2)CC[C@H]1N. The van der Waals surface area contributed by atoms with Crippen molar-refractivity contribution in [1.29, 1.82) is 0 Å². The number of nitrogens with one attached hydrogen (secondary N) is 1. The summed E-state index contributed by atoms with van der Waals surface area (Å²) in [6.45, 7) is 6.15. The number of hydrogen-bond acceptors (Lipinski definition) is 8. The number of aromatic nitrogens is 2.